The molecule has 3 N–H and O–H groups in total. The zero-order valence-corrected chi connectivity index (χ0v) is 16.5. The number of furan rings is 1. The number of hydrogen-bond donors (Lipinski definition) is 2. The van der Waals surface area contributed by atoms with Crippen LogP contribution in [0, 0.1) is 21.4 Å². The molecule has 31 heavy (non-hydrogen) atoms. The van der Waals surface area contributed by atoms with E-state index >= 15 is 0 Å². The Morgan fingerprint density at radius 3 is 2.29 bits per heavy atom. The van der Waals surface area contributed by atoms with Gasteiger partial charge in [-0.3, -0.25) is 14.9 Å². The van der Waals surface area contributed by atoms with Crippen molar-refractivity contribution < 1.29 is 22.6 Å². The first-order valence-corrected chi connectivity index (χ1v) is 10.1. The van der Waals surface area contributed by atoms with Gasteiger partial charge in [0.2, 0.25) is 10.0 Å². The monoisotopic (exact) mass is 438 g/mol. The number of hydrogen-bond acceptors (Lipinski definition) is 7. The Balaban J connectivity index is 1.76. The molecule has 0 bridgehead atoms. The molecule has 1 aromatic heterocycles. The van der Waals surface area contributed by atoms with Crippen LogP contribution < -0.4 is 10.5 Å². The number of rotatable bonds is 6. The summed E-state index contributed by atoms with van der Waals surface area (Å²) < 4.78 is 28.1. The van der Waals surface area contributed by atoms with Crippen molar-refractivity contribution in [3.63, 3.8) is 0 Å². The first kappa shape index (κ1) is 21.4. The van der Waals surface area contributed by atoms with E-state index in [1.54, 1.807) is 18.2 Å². The zero-order chi connectivity index (χ0) is 22.6. The van der Waals surface area contributed by atoms with E-state index < -0.39 is 20.9 Å². The van der Waals surface area contributed by atoms with E-state index in [0.29, 0.717) is 11.3 Å². The molecule has 3 rings (SSSR count). The van der Waals surface area contributed by atoms with Gasteiger partial charge < -0.3 is 9.73 Å². The maximum Gasteiger partial charge on any atom is 0.269 e. The van der Waals surface area contributed by atoms with Crippen LogP contribution >= 0.6 is 0 Å². The Bertz CT molecular complexity index is 1320. The number of anilines is 1. The molecular weight excluding hydrogens is 424 g/mol. The molecule has 0 aliphatic carbocycles. The Morgan fingerprint density at radius 1 is 1.10 bits per heavy atom. The first-order chi connectivity index (χ1) is 14.7. The molecule has 0 radical (unpaired) electrons. The summed E-state index contributed by atoms with van der Waals surface area (Å²) in [5.41, 5.74) is 0.545. The number of non-ortho nitro benzene ring substituents is 1. The highest BCUT2D eigenvalue weighted by Crippen LogP contribution is 2.25. The minimum absolute atomic E-state index is 0.0593. The van der Waals surface area contributed by atoms with Gasteiger partial charge in [-0.15, -0.1) is 0 Å². The highest BCUT2D eigenvalue weighted by Gasteiger charge is 2.13. The average Bonchev–Trinajstić information content (AvgIpc) is 3.20. The van der Waals surface area contributed by atoms with Gasteiger partial charge in [0, 0.05) is 29.5 Å². The Morgan fingerprint density at radius 2 is 1.74 bits per heavy atom. The summed E-state index contributed by atoms with van der Waals surface area (Å²) in [6.45, 7) is 0. The summed E-state index contributed by atoms with van der Waals surface area (Å²) in [6.07, 6.45) is 1.24. The van der Waals surface area contributed by atoms with Crippen molar-refractivity contribution in [1.82, 2.24) is 0 Å². The Labute approximate surface area is 176 Å². The number of nitrogens with one attached hydrogen (secondary N) is 1. The lowest BCUT2D eigenvalue weighted by Gasteiger charge is -2.05. The molecule has 0 atom stereocenters. The van der Waals surface area contributed by atoms with E-state index in [-0.39, 0.29) is 27.6 Å². The van der Waals surface area contributed by atoms with Crippen molar-refractivity contribution in [2.24, 2.45) is 5.14 Å². The fraction of sp³-hybridized carbons (Fsp3) is 0. The maximum atomic E-state index is 12.4. The molecule has 0 aliphatic rings. The number of nitrogens with zero attached hydrogens (tertiary/aromatic N) is 2. The van der Waals surface area contributed by atoms with Gasteiger partial charge in [-0.25, -0.2) is 13.6 Å². The largest absolute Gasteiger partial charge is 0.457 e. The summed E-state index contributed by atoms with van der Waals surface area (Å²) in [5, 5.41) is 27.5. The Kier molecular flexibility index (Phi) is 5.96. The molecule has 1 heterocycles. The second-order valence-electron chi connectivity index (χ2n) is 6.20. The van der Waals surface area contributed by atoms with E-state index in [1.807, 2.05) is 0 Å². The number of nitro benzene ring substituents is 1. The van der Waals surface area contributed by atoms with Crippen LogP contribution in [0.5, 0.6) is 0 Å². The molecule has 0 unspecified atom stereocenters. The number of primary sulfonamides is 1. The highest BCUT2D eigenvalue weighted by molar-refractivity contribution is 7.89. The lowest BCUT2D eigenvalue weighted by molar-refractivity contribution is -0.384. The van der Waals surface area contributed by atoms with Crippen LogP contribution in [0.15, 0.2) is 75.5 Å². The van der Waals surface area contributed by atoms with E-state index in [1.165, 1.54) is 54.6 Å². The summed E-state index contributed by atoms with van der Waals surface area (Å²) in [7, 11) is -3.86. The van der Waals surface area contributed by atoms with E-state index in [0.717, 1.165) is 0 Å². The summed E-state index contributed by atoms with van der Waals surface area (Å²) in [4.78, 5) is 22.5. The van der Waals surface area contributed by atoms with Gasteiger partial charge in [0.25, 0.3) is 11.6 Å². The summed E-state index contributed by atoms with van der Waals surface area (Å²) in [6, 6.07) is 15.8. The maximum absolute atomic E-state index is 12.4. The fourth-order valence-electron chi connectivity index (χ4n) is 2.55. The second kappa shape index (κ2) is 8.62. The van der Waals surface area contributed by atoms with Crippen LogP contribution in [0.25, 0.3) is 17.4 Å². The van der Waals surface area contributed by atoms with Crippen LogP contribution in [-0.4, -0.2) is 19.2 Å². The molecule has 10 nitrogen and oxygen atoms in total. The number of carbonyl (C=O) groups excluding carboxylic acids is 1. The van der Waals surface area contributed by atoms with Crippen molar-refractivity contribution in [2.75, 3.05) is 5.32 Å². The van der Waals surface area contributed by atoms with Crippen molar-refractivity contribution in [1.29, 1.82) is 5.26 Å². The second-order valence-corrected chi connectivity index (χ2v) is 7.76. The number of nitrogens with two attached hydrogens (primary N) is 1. The van der Waals surface area contributed by atoms with E-state index in [9.17, 15) is 28.6 Å². The smallest absolute Gasteiger partial charge is 0.269 e. The van der Waals surface area contributed by atoms with Crippen LogP contribution in [0.4, 0.5) is 11.4 Å². The molecule has 0 aliphatic heterocycles. The van der Waals surface area contributed by atoms with Gasteiger partial charge in [-0.05, 0) is 48.5 Å². The number of nitriles is 1. The topological polar surface area (TPSA) is 169 Å². The molecule has 0 fully saturated rings. The third kappa shape index (κ3) is 5.21. The van der Waals surface area contributed by atoms with Gasteiger partial charge in [0.05, 0.1) is 9.82 Å². The normalized spacial score (nSPS) is 11.5. The van der Waals surface area contributed by atoms with E-state index in [4.69, 9.17) is 9.56 Å². The molecule has 1 amide bonds. The average molecular weight is 438 g/mol. The molecule has 0 spiro atoms. The predicted molar refractivity (Wildman–Crippen MR) is 111 cm³/mol. The third-order valence-electron chi connectivity index (χ3n) is 4.08. The minimum atomic E-state index is -3.86. The number of sulfonamides is 1. The van der Waals surface area contributed by atoms with Crippen molar-refractivity contribution in [3.05, 3.63) is 82.1 Å². The lowest BCUT2D eigenvalue weighted by atomic mass is 10.1. The van der Waals surface area contributed by atoms with Gasteiger partial charge in [-0.1, -0.05) is 0 Å². The quantitative estimate of drug-likeness (QED) is 0.258. The third-order valence-corrected chi connectivity index (χ3v) is 5.01. The summed E-state index contributed by atoms with van der Waals surface area (Å²) in [5.74, 6) is -0.0961. The van der Waals surface area contributed by atoms with Crippen LogP contribution in [0.1, 0.15) is 5.76 Å². The molecule has 11 heteroatoms. The molecule has 0 saturated carbocycles. The van der Waals surface area contributed by atoms with Crippen molar-refractivity contribution in [2.45, 2.75) is 4.90 Å². The first-order valence-electron chi connectivity index (χ1n) is 8.58. The minimum Gasteiger partial charge on any atom is -0.457 e. The van der Waals surface area contributed by atoms with Crippen molar-refractivity contribution >= 4 is 33.4 Å². The standard InChI is InChI=1S/C20H14N4O6S/c21-12-14(20(25)23-15-3-8-18(9-4-15)31(22,28)29)11-17-7-10-19(30-17)13-1-5-16(6-2-13)24(26)27/h1-11H,(H,23,25)(H2,22,28,29)/b14-11-. The lowest BCUT2D eigenvalue weighted by Crippen LogP contribution is -2.14. The number of carbonyl (C=O) groups is 1. The van der Waals surface area contributed by atoms with Gasteiger partial charge in [0.15, 0.2) is 0 Å². The number of nitro groups is 1. The van der Waals surface area contributed by atoms with Gasteiger partial charge in [0.1, 0.15) is 23.2 Å². The number of amides is 1. The molecule has 156 valence electrons. The van der Waals surface area contributed by atoms with Crippen molar-refractivity contribution in [3.8, 4) is 17.4 Å². The SMILES string of the molecule is N#C/C(=C/c1ccc(-c2ccc([N+](=O)[O-])cc2)o1)C(=O)Nc1ccc(S(N)(=O)=O)cc1. The highest BCUT2D eigenvalue weighted by atomic mass is 32.2. The predicted octanol–water partition coefficient (Wildman–Crippen LogP) is 3.05. The molecule has 0 saturated heterocycles. The number of benzene rings is 2. The van der Waals surface area contributed by atoms with Gasteiger partial charge in [-0.2, -0.15) is 5.26 Å². The summed E-state index contributed by atoms with van der Waals surface area (Å²) >= 11 is 0. The van der Waals surface area contributed by atoms with E-state index in [2.05, 4.69) is 5.32 Å². The van der Waals surface area contributed by atoms with Gasteiger partial charge >= 0.3 is 0 Å². The Hall–Kier alpha value is -4.27. The van der Waals surface area contributed by atoms with Crippen LogP contribution in [0.3, 0.4) is 0 Å². The molecule has 3 aromatic rings. The zero-order valence-electron chi connectivity index (χ0n) is 15.7. The fourth-order valence-corrected chi connectivity index (χ4v) is 3.07. The van der Waals surface area contributed by atoms with Crippen LogP contribution in [0.2, 0.25) is 0 Å². The molecular formula is C20H14N4O6S. The van der Waals surface area contributed by atoms with Crippen LogP contribution in [-0.2, 0) is 14.8 Å². The molecule has 2 aromatic carbocycles.